The molecule has 2 aromatic heterocycles. The second-order valence-corrected chi connectivity index (χ2v) is 7.28. The number of rotatable bonds is 5. The molecule has 0 aliphatic carbocycles. The zero-order valence-electron chi connectivity index (χ0n) is 15.8. The van der Waals surface area contributed by atoms with Gasteiger partial charge in [0, 0.05) is 30.4 Å². The van der Waals surface area contributed by atoms with Gasteiger partial charge in [-0.05, 0) is 44.5 Å². The summed E-state index contributed by atoms with van der Waals surface area (Å²) in [5.74, 6) is 0.854. The Bertz CT molecular complexity index is 982. The third-order valence-corrected chi connectivity index (χ3v) is 5.16. The third-order valence-electron chi connectivity index (χ3n) is 5.16. The van der Waals surface area contributed by atoms with Gasteiger partial charge in [0.2, 0.25) is 0 Å². The van der Waals surface area contributed by atoms with Gasteiger partial charge in [0.1, 0.15) is 11.5 Å². The van der Waals surface area contributed by atoms with Gasteiger partial charge in [-0.15, -0.1) is 0 Å². The van der Waals surface area contributed by atoms with Gasteiger partial charge >= 0.3 is 5.97 Å². The fourth-order valence-corrected chi connectivity index (χ4v) is 3.83. The van der Waals surface area contributed by atoms with Gasteiger partial charge in [0.25, 0.3) is 0 Å². The molecule has 1 saturated heterocycles. The van der Waals surface area contributed by atoms with Crippen LogP contribution in [0.5, 0.6) is 0 Å². The van der Waals surface area contributed by atoms with Crippen molar-refractivity contribution in [2.75, 3.05) is 13.1 Å². The summed E-state index contributed by atoms with van der Waals surface area (Å²) in [6.07, 6.45) is 5.87. The standard InChI is InChI=1S/C22H23N3O3/c1-15-11-23-12-20(24-15)16-5-4-10-25(13-16)14-17-8-9-21(28-17)18-6-2-3-7-19(18)22(26)27/h2-3,6-9,11-12,16H,4-5,10,13-14H2,1H3,(H,26,27)/t16-/m1/s1. The van der Waals surface area contributed by atoms with E-state index in [0.29, 0.717) is 23.8 Å². The molecule has 1 aliphatic rings. The number of benzene rings is 1. The Hall–Kier alpha value is -2.99. The molecule has 0 unspecified atom stereocenters. The highest BCUT2D eigenvalue weighted by Gasteiger charge is 2.24. The second-order valence-electron chi connectivity index (χ2n) is 7.28. The SMILES string of the molecule is Cc1cncc([C@@H]2CCCN(Cc3ccc(-c4ccccc4C(=O)O)o3)C2)n1. The average Bonchev–Trinajstić information content (AvgIpc) is 3.16. The molecule has 1 aromatic carbocycles. The first-order chi connectivity index (χ1) is 13.6. The quantitative estimate of drug-likeness (QED) is 0.720. The van der Waals surface area contributed by atoms with Crippen molar-refractivity contribution >= 4 is 5.97 Å². The molecule has 4 rings (SSSR count). The monoisotopic (exact) mass is 377 g/mol. The normalized spacial score (nSPS) is 17.5. The van der Waals surface area contributed by atoms with Crippen LogP contribution in [0.4, 0.5) is 0 Å². The number of furan rings is 1. The van der Waals surface area contributed by atoms with Gasteiger partial charge in [-0.1, -0.05) is 18.2 Å². The summed E-state index contributed by atoms with van der Waals surface area (Å²) in [4.78, 5) is 22.7. The largest absolute Gasteiger partial charge is 0.478 e. The van der Waals surface area contributed by atoms with Crippen molar-refractivity contribution in [3.8, 4) is 11.3 Å². The summed E-state index contributed by atoms with van der Waals surface area (Å²) in [5.41, 5.74) is 2.86. The minimum Gasteiger partial charge on any atom is -0.478 e. The predicted molar refractivity (Wildman–Crippen MR) is 105 cm³/mol. The number of carbonyl (C=O) groups is 1. The smallest absolute Gasteiger partial charge is 0.336 e. The molecule has 1 atom stereocenters. The molecule has 3 aromatic rings. The predicted octanol–water partition coefficient (Wildman–Crippen LogP) is 4.12. The lowest BCUT2D eigenvalue weighted by Gasteiger charge is -2.31. The molecule has 0 spiro atoms. The number of piperidine rings is 1. The van der Waals surface area contributed by atoms with Crippen LogP contribution < -0.4 is 0 Å². The summed E-state index contributed by atoms with van der Waals surface area (Å²) >= 11 is 0. The number of aryl methyl sites for hydroxylation is 1. The highest BCUT2D eigenvalue weighted by atomic mass is 16.4. The first-order valence-corrected chi connectivity index (χ1v) is 9.52. The van der Waals surface area contributed by atoms with E-state index < -0.39 is 5.97 Å². The minimum absolute atomic E-state index is 0.249. The number of likely N-dealkylation sites (tertiary alicyclic amines) is 1. The van der Waals surface area contributed by atoms with Gasteiger partial charge in [-0.3, -0.25) is 14.9 Å². The van der Waals surface area contributed by atoms with E-state index in [1.54, 1.807) is 24.4 Å². The van der Waals surface area contributed by atoms with Crippen molar-refractivity contribution in [2.24, 2.45) is 0 Å². The van der Waals surface area contributed by atoms with Crippen molar-refractivity contribution in [3.63, 3.8) is 0 Å². The molecule has 6 nitrogen and oxygen atoms in total. The third kappa shape index (κ3) is 3.97. The van der Waals surface area contributed by atoms with Crippen LogP contribution in [0.3, 0.4) is 0 Å². The lowest BCUT2D eigenvalue weighted by atomic mass is 9.95. The number of aromatic carboxylic acids is 1. The van der Waals surface area contributed by atoms with E-state index in [1.807, 2.05) is 31.3 Å². The average molecular weight is 377 g/mol. The maximum Gasteiger partial charge on any atom is 0.336 e. The lowest BCUT2D eigenvalue weighted by molar-refractivity contribution is 0.0697. The van der Waals surface area contributed by atoms with Crippen LogP contribution in [0.2, 0.25) is 0 Å². The molecular formula is C22H23N3O3. The summed E-state index contributed by atoms with van der Waals surface area (Å²) in [7, 11) is 0. The fraction of sp³-hybridized carbons (Fsp3) is 0.318. The van der Waals surface area contributed by atoms with E-state index in [9.17, 15) is 9.90 Å². The van der Waals surface area contributed by atoms with Crippen LogP contribution >= 0.6 is 0 Å². The molecular weight excluding hydrogens is 354 g/mol. The summed E-state index contributed by atoms with van der Waals surface area (Å²) in [6.45, 7) is 4.60. The molecule has 144 valence electrons. The summed E-state index contributed by atoms with van der Waals surface area (Å²) in [5, 5.41) is 9.39. The number of carboxylic acid groups (broad SMARTS) is 1. The Morgan fingerprint density at radius 1 is 1.25 bits per heavy atom. The fourth-order valence-electron chi connectivity index (χ4n) is 3.83. The maximum absolute atomic E-state index is 11.5. The summed E-state index contributed by atoms with van der Waals surface area (Å²) in [6, 6.07) is 10.7. The highest BCUT2D eigenvalue weighted by Crippen LogP contribution is 2.29. The van der Waals surface area contributed by atoms with Crippen molar-refractivity contribution in [1.82, 2.24) is 14.9 Å². The van der Waals surface area contributed by atoms with Gasteiger partial charge in [0.15, 0.2) is 0 Å². The first-order valence-electron chi connectivity index (χ1n) is 9.52. The topological polar surface area (TPSA) is 79.5 Å². The van der Waals surface area contributed by atoms with E-state index in [1.165, 1.54) is 0 Å². The van der Waals surface area contributed by atoms with Crippen LogP contribution in [0.1, 0.15) is 46.3 Å². The second kappa shape index (κ2) is 7.94. The van der Waals surface area contributed by atoms with Crippen LogP contribution in [-0.4, -0.2) is 39.0 Å². The van der Waals surface area contributed by atoms with E-state index in [0.717, 1.165) is 43.1 Å². The van der Waals surface area contributed by atoms with Crippen molar-refractivity contribution in [2.45, 2.75) is 32.2 Å². The Kier molecular flexibility index (Phi) is 5.21. The molecule has 6 heteroatoms. The Balaban J connectivity index is 1.48. The van der Waals surface area contributed by atoms with Gasteiger partial charge in [-0.2, -0.15) is 0 Å². The molecule has 3 heterocycles. The zero-order valence-corrected chi connectivity index (χ0v) is 15.8. The molecule has 0 bridgehead atoms. The summed E-state index contributed by atoms with van der Waals surface area (Å²) < 4.78 is 5.99. The van der Waals surface area contributed by atoms with E-state index >= 15 is 0 Å². The van der Waals surface area contributed by atoms with E-state index in [2.05, 4.69) is 14.9 Å². The van der Waals surface area contributed by atoms with Crippen LogP contribution in [0, 0.1) is 6.92 Å². The number of aromatic nitrogens is 2. The first kappa shape index (κ1) is 18.4. The molecule has 0 saturated carbocycles. The lowest BCUT2D eigenvalue weighted by Crippen LogP contribution is -2.34. The Labute approximate surface area is 163 Å². The van der Waals surface area contributed by atoms with Crippen molar-refractivity contribution < 1.29 is 14.3 Å². The zero-order chi connectivity index (χ0) is 19.5. The number of hydrogen-bond acceptors (Lipinski definition) is 5. The van der Waals surface area contributed by atoms with Crippen LogP contribution in [0.25, 0.3) is 11.3 Å². The van der Waals surface area contributed by atoms with Gasteiger partial charge < -0.3 is 9.52 Å². The molecule has 1 N–H and O–H groups in total. The van der Waals surface area contributed by atoms with E-state index in [4.69, 9.17) is 4.42 Å². The number of nitrogens with zero attached hydrogens (tertiary/aromatic N) is 3. The maximum atomic E-state index is 11.5. The Morgan fingerprint density at radius 2 is 2.11 bits per heavy atom. The van der Waals surface area contributed by atoms with Crippen LogP contribution in [-0.2, 0) is 6.54 Å². The van der Waals surface area contributed by atoms with Gasteiger partial charge in [-0.25, -0.2) is 4.79 Å². The number of carboxylic acids is 1. The van der Waals surface area contributed by atoms with Gasteiger partial charge in [0.05, 0.1) is 23.5 Å². The highest BCUT2D eigenvalue weighted by molar-refractivity contribution is 5.95. The molecule has 1 aliphatic heterocycles. The Morgan fingerprint density at radius 3 is 2.93 bits per heavy atom. The minimum atomic E-state index is -0.952. The number of hydrogen-bond donors (Lipinski definition) is 1. The molecule has 28 heavy (non-hydrogen) atoms. The van der Waals surface area contributed by atoms with E-state index in [-0.39, 0.29) is 5.56 Å². The molecule has 1 fully saturated rings. The molecule has 0 radical (unpaired) electrons. The molecule has 0 amide bonds. The van der Waals surface area contributed by atoms with Crippen LogP contribution in [0.15, 0.2) is 53.2 Å². The van der Waals surface area contributed by atoms with Crippen molar-refractivity contribution in [1.29, 1.82) is 0 Å². The van der Waals surface area contributed by atoms with Crippen molar-refractivity contribution in [3.05, 3.63) is 71.5 Å².